The van der Waals surface area contributed by atoms with Crippen LogP contribution >= 0.6 is 11.6 Å². The molecule has 0 radical (unpaired) electrons. The van der Waals surface area contributed by atoms with Crippen LogP contribution in [0.3, 0.4) is 0 Å². The monoisotopic (exact) mass is 410 g/mol. The van der Waals surface area contributed by atoms with Gasteiger partial charge in [0.1, 0.15) is 11.4 Å². The lowest BCUT2D eigenvalue weighted by Crippen LogP contribution is -2.49. The van der Waals surface area contributed by atoms with E-state index in [9.17, 15) is 4.79 Å². The van der Waals surface area contributed by atoms with E-state index in [1.54, 1.807) is 23.9 Å². The molecule has 0 aliphatic carbocycles. The van der Waals surface area contributed by atoms with E-state index in [1.165, 1.54) is 0 Å². The normalized spacial score (nSPS) is 14.2. The average molecular weight is 411 g/mol. The number of halogens is 1. The molecule has 3 aromatic rings. The van der Waals surface area contributed by atoms with E-state index < -0.39 is 0 Å². The van der Waals surface area contributed by atoms with Crippen LogP contribution in [0, 0.1) is 6.92 Å². The van der Waals surface area contributed by atoms with Crippen LogP contribution in [0.25, 0.3) is 5.69 Å². The van der Waals surface area contributed by atoms with Gasteiger partial charge in [0.2, 0.25) is 0 Å². The Hall–Kier alpha value is -2.99. The highest BCUT2D eigenvalue weighted by Gasteiger charge is 2.25. The Balaban J connectivity index is 1.48. The van der Waals surface area contributed by atoms with E-state index in [0.717, 1.165) is 35.9 Å². The maximum absolute atomic E-state index is 13.2. The molecule has 1 fully saturated rings. The zero-order valence-corrected chi connectivity index (χ0v) is 17.3. The summed E-state index contributed by atoms with van der Waals surface area (Å²) in [5.74, 6) is 0.836. The molecule has 1 amide bonds. The summed E-state index contributed by atoms with van der Waals surface area (Å²) in [7, 11) is 1.66. The number of benzene rings is 2. The van der Waals surface area contributed by atoms with Crippen molar-refractivity contribution in [2.75, 3.05) is 38.2 Å². The molecule has 4 rings (SSSR count). The van der Waals surface area contributed by atoms with Gasteiger partial charge in [0.25, 0.3) is 5.91 Å². The number of piperazine rings is 1. The Morgan fingerprint density at radius 2 is 1.59 bits per heavy atom. The summed E-state index contributed by atoms with van der Waals surface area (Å²) < 4.78 is 6.92. The van der Waals surface area contributed by atoms with Crippen LogP contribution in [0.15, 0.2) is 54.6 Å². The second kappa shape index (κ2) is 8.17. The van der Waals surface area contributed by atoms with Crippen LogP contribution in [-0.2, 0) is 0 Å². The van der Waals surface area contributed by atoms with E-state index in [1.807, 2.05) is 42.2 Å². The van der Waals surface area contributed by atoms with Crippen LogP contribution in [-0.4, -0.2) is 53.9 Å². The van der Waals surface area contributed by atoms with Crippen molar-refractivity contribution in [2.45, 2.75) is 6.92 Å². The highest BCUT2D eigenvalue weighted by atomic mass is 35.5. The minimum atomic E-state index is -0.00469. The number of nitrogens with zero attached hydrogens (tertiary/aromatic N) is 4. The Morgan fingerprint density at radius 1 is 0.966 bits per heavy atom. The number of aromatic nitrogens is 2. The van der Waals surface area contributed by atoms with Crippen LogP contribution < -0.4 is 9.64 Å². The zero-order chi connectivity index (χ0) is 20.4. The molecule has 0 bridgehead atoms. The van der Waals surface area contributed by atoms with Gasteiger partial charge < -0.3 is 14.5 Å². The fraction of sp³-hybridized carbons (Fsp3) is 0.273. The first-order valence-corrected chi connectivity index (χ1v) is 9.94. The molecule has 1 aliphatic rings. The van der Waals surface area contributed by atoms with Crippen molar-refractivity contribution in [1.29, 1.82) is 0 Å². The lowest BCUT2D eigenvalue weighted by molar-refractivity contribution is 0.0737. The third-order valence-electron chi connectivity index (χ3n) is 5.13. The quantitative estimate of drug-likeness (QED) is 0.656. The molecule has 2 aromatic carbocycles. The number of hydrogen-bond acceptors (Lipinski definition) is 4. The van der Waals surface area contributed by atoms with Crippen molar-refractivity contribution in [1.82, 2.24) is 14.7 Å². The van der Waals surface area contributed by atoms with E-state index in [2.05, 4.69) is 22.1 Å². The van der Waals surface area contributed by atoms with Crippen LogP contribution in [0.4, 0.5) is 5.69 Å². The van der Waals surface area contributed by atoms with Gasteiger partial charge in [0, 0.05) is 36.9 Å². The molecule has 150 valence electrons. The van der Waals surface area contributed by atoms with Gasteiger partial charge in [-0.1, -0.05) is 11.6 Å². The summed E-state index contributed by atoms with van der Waals surface area (Å²) in [5, 5.41) is 5.16. The first-order valence-electron chi connectivity index (χ1n) is 9.56. The summed E-state index contributed by atoms with van der Waals surface area (Å²) in [4.78, 5) is 17.4. The first kappa shape index (κ1) is 19.3. The first-order chi connectivity index (χ1) is 14.0. The van der Waals surface area contributed by atoms with E-state index >= 15 is 0 Å². The average Bonchev–Trinajstić information content (AvgIpc) is 3.15. The molecule has 2 heterocycles. The predicted molar refractivity (Wildman–Crippen MR) is 114 cm³/mol. The number of carbonyl (C=O) groups is 1. The van der Waals surface area contributed by atoms with Crippen molar-refractivity contribution in [3.8, 4) is 11.4 Å². The van der Waals surface area contributed by atoms with E-state index in [0.29, 0.717) is 23.8 Å². The number of hydrogen-bond donors (Lipinski definition) is 0. The van der Waals surface area contributed by atoms with Gasteiger partial charge in [0.15, 0.2) is 0 Å². The maximum Gasteiger partial charge on any atom is 0.272 e. The minimum absolute atomic E-state index is 0.00469. The predicted octanol–water partition coefficient (Wildman–Crippen LogP) is 3.81. The molecule has 1 aromatic heterocycles. The molecule has 0 saturated carbocycles. The maximum atomic E-state index is 13.2. The van der Waals surface area contributed by atoms with Crippen molar-refractivity contribution in [2.24, 2.45) is 0 Å². The number of ether oxygens (including phenoxy) is 1. The van der Waals surface area contributed by atoms with Crippen molar-refractivity contribution >= 4 is 23.2 Å². The van der Waals surface area contributed by atoms with Gasteiger partial charge in [-0.25, -0.2) is 4.68 Å². The third kappa shape index (κ3) is 4.07. The molecule has 1 saturated heterocycles. The van der Waals surface area contributed by atoms with Crippen LogP contribution in [0.2, 0.25) is 5.02 Å². The summed E-state index contributed by atoms with van der Waals surface area (Å²) in [6, 6.07) is 17.2. The van der Waals surface area contributed by atoms with E-state index in [-0.39, 0.29) is 5.91 Å². The summed E-state index contributed by atoms with van der Waals surface area (Å²) in [6.07, 6.45) is 0. The van der Waals surface area contributed by atoms with Gasteiger partial charge in [-0.2, -0.15) is 5.10 Å². The van der Waals surface area contributed by atoms with Crippen LogP contribution in [0.5, 0.6) is 5.75 Å². The van der Waals surface area contributed by atoms with Gasteiger partial charge in [0.05, 0.1) is 18.5 Å². The largest absolute Gasteiger partial charge is 0.497 e. The lowest BCUT2D eigenvalue weighted by atomic mass is 10.2. The number of aryl methyl sites for hydroxylation is 1. The summed E-state index contributed by atoms with van der Waals surface area (Å²) in [5.41, 5.74) is 3.34. The Labute approximate surface area is 175 Å². The lowest BCUT2D eigenvalue weighted by Gasteiger charge is -2.36. The Bertz CT molecular complexity index is 991. The molecule has 7 heteroatoms. The topological polar surface area (TPSA) is 50.6 Å². The van der Waals surface area contributed by atoms with Gasteiger partial charge in [-0.15, -0.1) is 0 Å². The van der Waals surface area contributed by atoms with Crippen molar-refractivity contribution in [3.05, 3.63) is 71.0 Å². The standard InChI is InChI=1S/C22H23ClN4O2/c1-16-15-21(27(24-16)19-5-3-17(23)4-6-19)22(28)26-13-11-25(12-14-26)18-7-9-20(29-2)10-8-18/h3-10,15H,11-14H2,1-2H3. The fourth-order valence-electron chi connectivity index (χ4n) is 3.55. The third-order valence-corrected chi connectivity index (χ3v) is 5.38. The van der Waals surface area contributed by atoms with Gasteiger partial charge in [-0.05, 0) is 61.5 Å². The van der Waals surface area contributed by atoms with Crippen LogP contribution in [0.1, 0.15) is 16.2 Å². The number of methoxy groups -OCH3 is 1. The number of anilines is 1. The SMILES string of the molecule is COc1ccc(N2CCN(C(=O)c3cc(C)nn3-c3ccc(Cl)cc3)CC2)cc1. The Morgan fingerprint density at radius 3 is 2.21 bits per heavy atom. The zero-order valence-electron chi connectivity index (χ0n) is 16.5. The molecule has 0 spiro atoms. The molecule has 0 N–H and O–H groups in total. The molecule has 0 atom stereocenters. The van der Waals surface area contributed by atoms with Gasteiger partial charge in [-0.3, -0.25) is 4.79 Å². The molecule has 29 heavy (non-hydrogen) atoms. The second-order valence-corrected chi connectivity index (χ2v) is 7.47. The van der Waals surface area contributed by atoms with Crippen molar-refractivity contribution < 1.29 is 9.53 Å². The molecular weight excluding hydrogens is 388 g/mol. The molecule has 0 unspecified atom stereocenters. The number of amides is 1. The molecular formula is C22H23ClN4O2. The highest BCUT2D eigenvalue weighted by molar-refractivity contribution is 6.30. The van der Waals surface area contributed by atoms with Gasteiger partial charge >= 0.3 is 0 Å². The fourth-order valence-corrected chi connectivity index (χ4v) is 3.68. The Kier molecular flexibility index (Phi) is 5.45. The summed E-state index contributed by atoms with van der Waals surface area (Å²) >= 11 is 5.99. The smallest absolute Gasteiger partial charge is 0.272 e. The second-order valence-electron chi connectivity index (χ2n) is 7.04. The summed E-state index contributed by atoms with van der Waals surface area (Å²) in [6.45, 7) is 4.79. The molecule has 1 aliphatic heterocycles. The highest BCUT2D eigenvalue weighted by Crippen LogP contribution is 2.22. The minimum Gasteiger partial charge on any atom is -0.497 e. The van der Waals surface area contributed by atoms with Crippen molar-refractivity contribution in [3.63, 3.8) is 0 Å². The van der Waals surface area contributed by atoms with E-state index in [4.69, 9.17) is 16.3 Å². The number of carbonyl (C=O) groups excluding carboxylic acids is 1. The molecule has 6 nitrogen and oxygen atoms in total. The number of rotatable bonds is 4.